The molecule has 2 aromatic heterocycles. The van der Waals surface area contributed by atoms with Crippen LogP contribution in [-0.2, 0) is 4.74 Å². The Hall–Kier alpha value is -2.05. The van der Waals surface area contributed by atoms with Crippen LogP contribution in [0.2, 0.25) is 0 Å². The van der Waals surface area contributed by atoms with E-state index in [-0.39, 0.29) is 6.10 Å². The highest BCUT2D eigenvalue weighted by atomic mass is 79.9. The highest BCUT2D eigenvalue weighted by Crippen LogP contribution is 2.37. The van der Waals surface area contributed by atoms with Crippen molar-refractivity contribution >= 4 is 32.5 Å². The minimum Gasteiger partial charge on any atom is -0.369 e. The van der Waals surface area contributed by atoms with E-state index < -0.39 is 0 Å². The number of hydrogen-bond donors (Lipinski definition) is 0. The molecule has 1 saturated carbocycles. The Labute approximate surface area is 166 Å². The number of ether oxygens (including phenoxy) is 1. The third-order valence-electron chi connectivity index (χ3n) is 5.40. The van der Waals surface area contributed by atoms with Gasteiger partial charge in [-0.1, -0.05) is 0 Å². The van der Waals surface area contributed by atoms with Gasteiger partial charge in [-0.3, -0.25) is 4.68 Å². The average molecular weight is 425 g/mol. The number of aryl methyl sites for hydroxylation is 2. The van der Waals surface area contributed by atoms with Crippen LogP contribution >= 0.6 is 15.9 Å². The molecular weight excluding hydrogens is 404 g/mol. The largest absolute Gasteiger partial charge is 0.369 e. The molecule has 1 aromatic carbocycles. The third-order valence-corrected chi connectivity index (χ3v) is 6.00. The van der Waals surface area contributed by atoms with Crippen LogP contribution in [0.1, 0.15) is 53.9 Å². The van der Waals surface area contributed by atoms with Gasteiger partial charge in [-0.05, 0) is 78.4 Å². The number of nitrogens with zero attached hydrogens (tertiary/aromatic N) is 4. The van der Waals surface area contributed by atoms with E-state index in [1.165, 1.54) is 24.0 Å². The molecule has 0 saturated heterocycles. The molecule has 0 amide bonds. The molecule has 3 heterocycles. The van der Waals surface area contributed by atoms with Gasteiger partial charge in [0.15, 0.2) is 0 Å². The summed E-state index contributed by atoms with van der Waals surface area (Å²) in [6.45, 7) is 4.71. The van der Waals surface area contributed by atoms with Gasteiger partial charge in [0.1, 0.15) is 11.6 Å². The fraction of sp³-hybridized carbons (Fsp3) is 0.381. The summed E-state index contributed by atoms with van der Waals surface area (Å²) in [6.07, 6.45) is 9.62. The first-order chi connectivity index (χ1) is 13.1. The van der Waals surface area contributed by atoms with Gasteiger partial charge in [0.25, 0.3) is 0 Å². The fourth-order valence-electron chi connectivity index (χ4n) is 3.56. The van der Waals surface area contributed by atoms with Gasteiger partial charge >= 0.3 is 0 Å². The zero-order valence-electron chi connectivity index (χ0n) is 15.4. The molecule has 5 nitrogen and oxygen atoms in total. The van der Waals surface area contributed by atoms with Crippen molar-refractivity contribution < 1.29 is 4.74 Å². The minimum absolute atomic E-state index is 0.0402. The first-order valence-corrected chi connectivity index (χ1v) is 10.2. The maximum Gasteiger partial charge on any atom is 0.104 e. The Morgan fingerprint density at radius 2 is 1.96 bits per heavy atom. The Morgan fingerprint density at radius 3 is 2.78 bits per heavy atom. The smallest absolute Gasteiger partial charge is 0.104 e. The minimum atomic E-state index is -0.0402. The topological polar surface area (TPSA) is 52.8 Å². The molecule has 0 radical (unpaired) electrons. The number of fused-ring (bicyclic) bond motifs is 1. The standard InChI is InChI=1S/C21H21BrN4O/c1-12-13(2)25-21-18(22)7-15(8-19(21)24-12)14-5-6-27-20(9-14)16-10-23-26(11-16)17-3-4-17/h7-11,17,20H,3-6H2,1-2H3/t20-/m1/s1. The summed E-state index contributed by atoms with van der Waals surface area (Å²) in [5, 5.41) is 4.51. The van der Waals surface area contributed by atoms with Gasteiger partial charge < -0.3 is 4.74 Å². The Balaban J connectivity index is 1.52. The van der Waals surface area contributed by atoms with Crippen molar-refractivity contribution in [3.63, 3.8) is 0 Å². The van der Waals surface area contributed by atoms with Crippen LogP contribution in [0.15, 0.2) is 35.1 Å². The average Bonchev–Trinajstić information content (AvgIpc) is 3.40. The molecule has 0 unspecified atom stereocenters. The molecule has 1 aliphatic carbocycles. The molecule has 138 valence electrons. The van der Waals surface area contributed by atoms with Crippen LogP contribution < -0.4 is 0 Å². The van der Waals surface area contributed by atoms with Crippen molar-refractivity contribution in [2.24, 2.45) is 0 Å². The van der Waals surface area contributed by atoms with Gasteiger partial charge in [-0.25, -0.2) is 9.97 Å². The van der Waals surface area contributed by atoms with E-state index in [1.807, 2.05) is 20.0 Å². The van der Waals surface area contributed by atoms with E-state index in [9.17, 15) is 0 Å². The van der Waals surface area contributed by atoms with Crippen LogP contribution in [0.5, 0.6) is 0 Å². The van der Waals surface area contributed by atoms with Crippen LogP contribution in [0.3, 0.4) is 0 Å². The van der Waals surface area contributed by atoms with Gasteiger partial charge in [0.05, 0.1) is 35.8 Å². The van der Waals surface area contributed by atoms with E-state index in [4.69, 9.17) is 9.72 Å². The lowest BCUT2D eigenvalue weighted by molar-refractivity contribution is 0.0826. The van der Waals surface area contributed by atoms with Crippen LogP contribution in [0, 0.1) is 13.8 Å². The summed E-state index contributed by atoms with van der Waals surface area (Å²) < 4.78 is 9.07. The predicted molar refractivity (Wildman–Crippen MR) is 108 cm³/mol. The van der Waals surface area contributed by atoms with E-state index >= 15 is 0 Å². The number of benzene rings is 1. The number of halogens is 1. The van der Waals surface area contributed by atoms with Crippen LogP contribution in [-0.4, -0.2) is 26.4 Å². The normalized spacial score (nSPS) is 20.1. The van der Waals surface area contributed by atoms with Crippen molar-refractivity contribution in [3.8, 4) is 0 Å². The molecule has 0 N–H and O–H groups in total. The van der Waals surface area contributed by atoms with E-state index in [0.29, 0.717) is 12.6 Å². The second kappa shape index (κ2) is 6.53. The van der Waals surface area contributed by atoms with Crippen molar-refractivity contribution in [1.29, 1.82) is 0 Å². The molecule has 6 heteroatoms. The highest BCUT2D eigenvalue weighted by Gasteiger charge is 2.26. The fourth-order valence-corrected chi connectivity index (χ4v) is 4.10. The van der Waals surface area contributed by atoms with Crippen molar-refractivity contribution in [3.05, 3.63) is 57.6 Å². The third kappa shape index (κ3) is 3.21. The number of rotatable bonds is 3. The van der Waals surface area contributed by atoms with Crippen LogP contribution in [0.25, 0.3) is 16.6 Å². The monoisotopic (exact) mass is 424 g/mol. The molecular formula is C21H21BrN4O. The van der Waals surface area contributed by atoms with Gasteiger partial charge in [0.2, 0.25) is 0 Å². The molecule has 27 heavy (non-hydrogen) atoms. The molecule has 2 aliphatic rings. The molecule has 1 fully saturated rings. The molecule has 1 aliphatic heterocycles. The van der Waals surface area contributed by atoms with E-state index in [0.717, 1.165) is 38.9 Å². The molecule has 3 aromatic rings. The maximum atomic E-state index is 6.01. The summed E-state index contributed by atoms with van der Waals surface area (Å²) in [6, 6.07) is 4.88. The number of aromatic nitrogens is 4. The van der Waals surface area contributed by atoms with Gasteiger partial charge in [-0.15, -0.1) is 0 Å². The van der Waals surface area contributed by atoms with E-state index in [2.05, 4.69) is 55.1 Å². The first kappa shape index (κ1) is 17.1. The Morgan fingerprint density at radius 1 is 1.15 bits per heavy atom. The Kier molecular flexibility index (Phi) is 4.13. The zero-order valence-corrected chi connectivity index (χ0v) is 17.0. The second-order valence-electron chi connectivity index (χ2n) is 7.44. The van der Waals surface area contributed by atoms with E-state index in [1.54, 1.807) is 0 Å². The lowest BCUT2D eigenvalue weighted by Crippen LogP contribution is -2.10. The summed E-state index contributed by atoms with van der Waals surface area (Å²) in [5.41, 5.74) is 7.37. The lowest BCUT2D eigenvalue weighted by Gasteiger charge is -2.22. The zero-order chi connectivity index (χ0) is 18.5. The number of hydrogen-bond acceptors (Lipinski definition) is 4. The molecule has 0 spiro atoms. The summed E-state index contributed by atoms with van der Waals surface area (Å²) >= 11 is 3.69. The first-order valence-electron chi connectivity index (χ1n) is 9.40. The molecule has 5 rings (SSSR count). The van der Waals surface area contributed by atoms with Crippen molar-refractivity contribution in [2.45, 2.75) is 45.3 Å². The molecule has 1 atom stereocenters. The second-order valence-corrected chi connectivity index (χ2v) is 8.29. The summed E-state index contributed by atoms with van der Waals surface area (Å²) in [7, 11) is 0. The van der Waals surface area contributed by atoms with Gasteiger partial charge in [0, 0.05) is 16.2 Å². The van der Waals surface area contributed by atoms with Crippen LogP contribution in [0.4, 0.5) is 0 Å². The summed E-state index contributed by atoms with van der Waals surface area (Å²) in [5.74, 6) is 0. The van der Waals surface area contributed by atoms with Crippen molar-refractivity contribution in [1.82, 2.24) is 19.7 Å². The van der Waals surface area contributed by atoms with Crippen molar-refractivity contribution in [2.75, 3.05) is 6.61 Å². The predicted octanol–water partition coefficient (Wildman–Crippen LogP) is 5.09. The molecule has 0 bridgehead atoms. The summed E-state index contributed by atoms with van der Waals surface area (Å²) in [4.78, 5) is 9.42. The quantitative estimate of drug-likeness (QED) is 0.587. The highest BCUT2D eigenvalue weighted by molar-refractivity contribution is 9.10. The Bertz CT molecular complexity index is 1070. The van der Waals surface area contributed by atoms with Gasteiger partial charge in [-0.2, -0.15) is 5.10 Å². The lowest BCUT2D eigenvalue weighted by atomic mass is 9.97. The SMILES string of the molecule is Cc1nc2cc(C3=C[C@H](c4cnn(C5CC5)c4)OCC3)cc(Br)c2nc1C. The maximum absolute atomic E-state index is 6.01.